The van der Waals surface area contributed by atoms with Gasteiger partial charge in [0, 0.05) is 61.2 Å². The number of allylic oxidation sites excluding steroid dienone is 2. The van der Waals surface area contributed by atoms with Gasteiger partial charge in [-0.1, -0.05) is 69.3 Å². The van der Waals surface area contributed by atoms with E-state index in [1.807, 2.05) is 77.2 Å². The van der Waals surface area contributed by atoms with E-state index >= 15 is 0 Å². The molecule has 2 aliphatic heterocycles. The number of carbonyl (C=O) groups excluding carboxylic acids is 2. The number of nitrogens with zero attached hydrogens (tertiary/aromatic N) is 3. The van der Waals surface area contributed by atoms with Gasteiger partial charge in [0.25, 0.3) is 5.91 Å². The molecule has 1 saturated heterocycles. The Balaban J connectivity index is 1.65. The van der Waals surface area contributed by atoms with Crippen molar-refractivity contribution in [2.75, 3.05) is 43.4 Å². The summed E-state index contributed by atoms with van der Waals surface area (Å²) >= 11 is 6.72. The SMILES string of the molecule is C=CC1=C(/C=C\C)C(C)(N2CCN(c3ccc(NC(=O)C(C)(C)C)cc3Cl)CC2)c2ccccc2C(=O)N1C. The van der Waals surface area contributed by atoms with E-state index in [0.717, 1.165) is 48.7 Å². The molecule has 1 fully saturated rings. The van der Waals surface area contributed by atoms with Gasteiger partial charge in [-0.15, -0.1) is 0 Å². The fourth-order valence-corrected chi connectivity index (χ4v) is 5.82. The highest BCUT2D eigenvalue weighted by Gasteiger charge is 2.44. The monoisotopic (exact) mass is 546 g/mol. The number of nitrogens with one attached hydrogen (secondary N) is 1. The Hall–Kier alpha value is -3.35. The maximum atomic E-state index is 13.5. The molecule has 2 aromatic rings. The molecule has 4 rings (SSSR count). The fraction of sp³-hybridized carbons (Fsp3) is 0.375. The summed E-state index contributed by atoms with van der Waals surface area (Å²) in [7, 11) is 1.82. The standard InChI is InChI=1S/C32H39ClN4O2/c1-8-12-25-27(9-2)35(7)29(38)23-13-10-11-14-24(23)32(25,6)37-19-17-36(18-20-37)28-16-15-22(21-26(28)33)34-30(39)31(3,4)5/h8-16,21H,2,17-20H2,1,3-7H3,(H,34,39)/b12-8-. The van der Waals surface area contributed by atoms with Crippen molar-refractivity contribution < 1.29 is 9.59 Å². The normalized spacial score (nSPS) is 20.7. The van der Waals surface area contributed by atoms with Crippen molar-refractivity contribution in [1.29, 1.82) is 0 Å². The third kappa shape index (κ3) is 5.28. The summed E-state index contributed by atoms with van der Waals surface area (Å²) < 4.78 is 0. The number of piperazine rings is 1. The summed E-state index contributed by atoms with van der Waals surface area (Å²) in [5.41, 5.74) is 4.18. The molecule has 1 N–H and O–H groups in total. The minimum atomic E-state index is -0.538. The molecule has 2 aliphatic rings. The molecular weight excluding hydrogens is 508 g/mol. The first-order chi connectivity index (χ1) is 18.4. The second kappa shape index (κ2) is 11.0. The van der Waals surface area contributed by atoms with E-state index in [0.29, 0.717) is 16.3 Å². The minimum Gasteiger partial charge on any atom is -0.368 e. The van der Waals surface area contributed by atoms with Crippen LogP contribution in [0.2, 0.25) is 5.02 Å². The van der Waals surface area contributed by atoms with E-state index in [2.05, 4.69) is 40.8 Å². The Morgan fingerprint density at radius 3 is 2.36 bits per heavy atom. The lowest BCUT2D eigenvalue weighted by atomic mass is 9.79. The molecule has 6 nitrogen and oxygen atoms in total. The molecular formula is C32H39ClN4O2. The van der Waals surface area contributed by atoms with Gasteiger partial charge in [0.1, 0.15) is 0 Å². The Bertz CT molecular complexity index is 1350. The van der Waals surface area contributed by atoms with Crippen LogP contribution in [0, 0.1) is 5.41 Å². The molecule has 0 bridgehead atoms. The number of halogens is 1. The molecule has 0 saturated carbocycles. The molecule has 2 amide bonds. The zero-order valence-corrected chi connectivity index (χ0v) is 24.6. The van der Waals surface area contributed by atoms with Gasteiger partial charge in [-0.05, 0) is 49.8 Å². The zero-order chi connectivity index (χ0) is 28.5. The summed E-state index contributed by atoms with van der Waals surface area (Å²) in [4.78, 5) is 32.4. The highest BCUT2D eigenvalue weighted by molar-refractivity contribution is 6.33. The lowest BCUT2D eigenvalue weighted by Gasteiger charge is -2.48. The topological polar surface area (TPSA) is 55.9 Å². The Morgan fingerprint density at radius 2 is 1.77 bits per heavy atom. The number of anilines is 2. The zero-order valence-electron chi connectivity index (χ0n) is 23.8. The largest absolute Gasteiger partial charge is 0.368 e. The molecule has 0 spiro atoms. The summed E-state index contributed by atoms with van der Waals surface area (Å²) in [5, 5.41) is 3.56. The van der Waals surface area contributed by atoms with Gasteiger partial charge in [0.15, 0.2) is 0 Å². The van der Waals surface area contributed by atoms with E-state index in [1.54, 1.807) is 11.0 Å². The van der Waals surface area contributed by atoms with Crippen LogP contribution in [-0.4, -0.2) is 54.8 Å². The van der Waals surface area contributed by atoms with Crippen molar-refractivity contribution in [3.63, 3.8) is 0 Å². The smallest absolute Gasteiger partial charge is 0.258 e. The van der Waals surface area contributed by atoms with Crippen molar-refractivity contribution >= 4 is 34.8 Å². The van der Waals surface area contributed by atoms with Gasteiger partial charge < -0.3 is 15.1 Å². The quantitative estimate of drug-likeness (QED) is 0.467. The number of benzene rings is 2. The summed E-state index contributed by atoms with van der Waals surface area (Å²) in [6.45, 7) is 17.0. The maximum Gasteiger partial charge on any atom is 0.258 e. The molecule has 1 atom stereocenters. The predicted molar refractivity (Wildman–Crippen MR) is 161 cm³/mol. The number of fused-ring (bicyclic) bond motifs is 1. The molecule has 0 aromatic heterocycles. The first-order valence-electron chi connectivity index (χ1n) is 13.4. The predicted octanol–water partition coefficient (Wildman–Crippen LogP) is 6.46. The highest BCUT2D eigenvalue weighted by Crippen LogP contribution is 2.44. The summed E-state index contributed by atoms with van der Waals surface area (Å²) in [6.07, 6.45) is 5.92. The van der Waals surface area contributed by atoms with Crippen LogP contribution in [0.4, 0.5) is 11.4 Å². The summed E-state index contributed by atoms with van der Waals surface area (Å²) in [6, 6.07) is 13.6. The van der Waals surface area contributed by atoms with Gasteiger partial charge in [0.2, 0.25) is 5.91 Å². The average Bonchev–Trinajstić information content (AvgIpc) is 2.97. The second-order valence-corrected chi connectivity index (χ2v) is 11.7. The number of rotatable bonds is 5. The lowest BCUT2D eigenvalue weighted by molar-refractivity contribution is -0.123. The molecule has 2 heterocycles. The van der Waals surface area contributed by atoms with Crippen LogP contribution >= 0.6 is 11.6 Å². The number of hydrogen-bond donors (Lipinski definition) is 1. The molecule has 2 aromatic carbocycles. The number of likely N-dealkylation sites (N-methyl/N-ethyl adjacent to an activating group) is 1. The van der Waals surface area contributed by atoms with Gasteiger partial charge >= 0.3 is 0 Å². The van der Waals surface area contributed by atoms with Gasteiger partial charge in [-0.2, -0.15) is 0 Å². The molecule has 206 valence electrons. The fourth-order valence-electron chi connectivity index (χ4n) is 5.52. The first-order valence-corrected chi connectivity index (χ1v) is 13.8. The third-order valence-electron chi connectivity index (χ3n) is 7.81. The van der Waals surface area contributed by atoms with Crippen LogP contribution in [0.1, 0.15) is 50.5 Å². The van der Waals surface area contributed by atoms with Crippen LogP contribution in [0.5, 0.6) is 0 Å². The minimum absolute atomic E-state index is 0.0321. The van der Waals surface area contributed by atoms with E-state index < -0.39 is 11.0 Å². The first kappa shape index (κ1) is 28.7. The molecule has 1 unspecified atom stereocenters. The molecule has 7 heteroatoms. The Labute approximate surface area is 237 Å². The van der Waals surface area contributed by atoms with Crippen molar-refractivity contribution in [2.24, 2.45) is 5.41 Å². The molecule has 0 aliphatic carbocycles. The van der Waals surface area contributed by atoms with Crippen molar-refractivity contribution in [2.45, 2.75) is 40.2 Å². The molecule has 39 heavy (non-hydrogen) atoms. The van der Waals surface area contributed by atoms with Gasteiger partial charge in [-0.3, -0.25) is 14.5 Å². The van der Waals surface area contributed by atoms with E-state index in [9.17, 15) is 9.59 Å². The second-order valence-electron chi connectivity index (χ2n) is 11.3. The van der Waals surface area contributed by atoms with Crippen LogP contribution in [0.3, 0.4) is 0 Å². The van der Waals surface area contributed by atoms with Crippen molar-refractivity contribution in [1.82, 2.24) is 9.80 Å². The van der Waals surface area contributed by atoms with Crippen molar-refractivity contribution in [3.05, 3.63) is 94.7 Å². The van der Waals surface area contributed by atoms with E-state index in [4.69, 9.17) is 11.6 Å². The lowest BCUT2D eigenvalue weighted by Crippen LogP contribution is -2.55. The van der Waals surface area contributed by atoms with Crippen LogP contribution in [0.15, 0.2) is 78.5 Å². The Kier molecular flexibility index (Phi) is 8.10. The average molecular weight is 547 g/mol. The van der Waals surface area contributed by atoms with Crippen LogP contribution in [0.25, 0.3) is 0 Å². The van der Waals surface area contributed by atoms with Crippen LogP contribution in [-0.2, 0) is 10.3 Å². The maximum absolute atomic E-state index is 13.5. The molecule has 0 radical (unpaired) electrons. The Morgan fingerprint density at radius 1 is 1.10 bits per heavy atom. The van der Waals surface area contributed by atoms with Crippen LogP contribution < -0.4 is 10.2 Å². The van der Waals surface area contributed by atoms with Crippen molar-refractivity contribution in [3.8, 4) is 0 Å². The van der Waals surface area contributed by atoms with E-state index in [-0.39, 0.29) is 11.8 Å². The summed E-state index contributed by atoms with van der Waals surface area (Å²) in [5.74, 6) is -0.0832. The van der Waals surface area contributed by atoms with Gasteiger partial charge in [-0.25, -0.2) is 0 Å². The number of amides is 2. The van der Waals surface area contributed by atoms with E-state index in [1.165, 1.54) is 0 Å². The third-order valence-corrected chi connectivity index (χ3v) is 8.12. The number of hydrogen-bond acceptors (Lipinski definition) is 4. The highest BCUT2D eigenvalue weighted by atomic mass is 35.5. The van der Waals surface area contributed by atoms with Gasteiger partial charge in [0.05, 0.1) is 16.2 Å². The number of carbonyl (C=O) groups is 2.